The molecule has 0 aromatic carbocycles. The van der Waals surface area contributed by atoms with Crippen molar-refractivity contribution in [3.05, 3.63) is 0 Å². The van der Waals surface area contributed by atoms with Crippen molar-refractivity contribution in [1.29, 1.82) is 0 Å². The second kappa shape index (κ2) is 4.62. The highest BCUT2D eigenvalue weighted by Gasteiger charge is 2.27. The molecule has 1 unspecified atom stereocenters. The predicted molar refractivity (Wildman–Crippen MR) is 59.1 cm³/mol. The Morgan fingerprint density at radius 3 is 2.43 bits per heavy atom. The summed E-state index contributed by atoms with van der Waals surface area (Å²) < 4.78 is 22.6. The van der Waals surface area contributed by atoms with E-state index >= 15 is 0 Å². The first-order valence-electron chi connectivity index (χ1n) is 5.39. The molecule has 3 nitrogen and oxygen atoms in total. The Labute approximate surface area is 87.2 Å². The van der Waals surface area contributed by atoms with Crippen molar-refractivity contribution in [3.63, 3.8) is 0 Å². The Hall–Kier alpha value is -0.0900. The van der Waals surface area contributed by atoms with Gasteiger partial charge in [-0.05, 0) is 25.7 Å². The SMILES string of the molecule is CCS(=O)(=O)CC(C)NC1CC(C)C1. The van der Waals surface area contributed by atoms with Crippen LogP contribution in [-0.4, -0.2) is 32.0 Å². The van der Waals surface area contributed by atoms with Gasteiger partial charge in [0.05, 0.1) is 5.75 Å². The Kier molecular flexibility index (Phi) is 3.95. The fourth-order valence-electron chi connectivity index (χ4n) is 1.99. The van der Waals surface area contributed by atoms with E-state index in [0.29, 0.717) is 6.04 Å². The summed E-state index contributed by atoms with van der Waals surface area (Å²) in [5.41, 5.74) is 0. The van der Waals surface area contributed by atoms with Crippen LogP contribution in [0.4, 0.5) is 0 Å². The summed E-state index contributed by atoms with van der Waals surface area (Å²) in [7, 11) is -2.82. The number of hydrogen-bond acceptors (Lipinski definition) is 3. The summed E-state index contributed by atoms with van der Waals surface area (Å²) >= 11 is 0. The molecule has 1 N–H and O–H groups in total. The van der Waals surface area contributed by atoms with E-state index in [-0.39, 0.29) is 17.5 Å². The van der Waals surface area contributed by atoms with Crippen LogP contribution < -0.4 is 5.32 Å². The molecule has 1 rings (SSSR count). The van der Waals surface area contributed by atoms with E-state index in [2.05, 4.69) is 12.2 Å². The second-order valence-corrected chi connectivity index (χ2v) is 6.94. The summed E-state index contributed by atoms with van der Waals surface area (Å²) in [4.78, 5) is 0. The van der Waals surface area contributed by atoms with Crippen molar-refractivity contribution in [2.24, 2.45) is 5.92 Å². The summed E-state index contributed by atoms with van der Waals surface area (Å²) in [5, 5.41) is 3.36. The lowest BCUT2D eigenvalue weighted by Crippen LogP contribution is -2.46. The van der Waals surface area contributed by atoms with Gasteiger partial charge >= 0.3 is 0 Å². The molecule has 1 aliphatic carbocycles. The van der Waals surface area contributed by atoms with Gasteiger partial charge in [0.2, 0.25) is 0 Å². The van der Waals surface area contributed by atoms with Gasteiger partial charge in [0.1, 0.15) is 0 Å². The van der Waals surface area contributed by atoms with Gasteiger partial charge in [-0.2, -0.15) is 0 Å². The van der Waals surface area contributed by atoms with Crippen molar-refractivity contribution in [2.45, 2.75) is 45.7 Å². The molecule has 1 atom stereocenters. The maximum atomic E-state index is 11.3. The first-order valence-corrected chi connectivity index (χ1v) is 7.21. The van der Waals surface area contributed by atoms with Crippen molar-refractivity contribution in [2.75, 3.05) is 11.5 Å². The number of hydrogen-bond donors (Lipinski definition) is 1. The van der Waals surface area contributed by atoms with Gasteiger partial charge in [0.15, 0.2) is 9.84 Å². The van der Waals surface area contributed by atoms with Gasteiger partial charge in [-0.15, -0.1) is 0 Å². The minimum absolute atomic E-state index is 0.0949. The molecule has 1 saturated carbocycles. The van der Waals surface area contributed by atoms with Crippen LogP contribution in [0.2, 0.25) is 0 Å². The van der Waals surface area contributed by atoms with E-state index in [0.717, 1.165) is 5.92 Å². The van der Waals surface area contributed by atoms with Crippen molar-refractivity contribution in [3.8, 4) is 0 Å². The van der Waals surface area contributed by atoms with Crippen LogP contribution in [0.25, 0.3) is 0 Å². The van der Waals surface area contributed by atoms with Crippen molar-refractivity contribution < 1.29 is 8.42 Å². The van der Waals surface area contributed by atoms with Crippen LogP contribution in [0.3, 0.4) is 0 Å². The zero-order valence-electron chi connectivity index (χ0n) is 9.29. The molecular weight excluding hydrogens is 198 g/mol. The molecular formula is C10H21NO2S. The standard InChI is InChI=1S/C10H21NO2S/c1-4-14(12,13)7-9(3)11-10-5-8(2)6-10/h8-11H,4-7H2,1-3H3. The third-order valence-corrected chi connectivity index (χ3v) is 4.73. The van der Waals surface area contributed by atoms with Crippen LogP contribution >= 0.6 is 0 Å². The van der Waals surface area contributed by atoms with Crippen LogP contribution in [0.5, 0.6) is 0 Å². The van der Waals surface area contributed by atoms with Crippen LogP contribution in [-0.2, 0) is 9.84 Å². The van der Waals surface area contributed by atoms with E-state index in [1.54, 1.807) is 6.92 Å². The lowest BCUT2D eigenvalue weighted by molar-refractivity contribution is 0.230. The lowest BCUT2D eigenvalue weighted by Gasteiger charge is -2.35. The smallest absolute Gasteiger partial charge is 0.151 e. The summed E-state index contributed by atoms with van der Waals surface area (Å²) in [6, 6.07) is 0.643. The molecule has 0 radical (unpaired) electrons. The molecule has 0 spiro atoms. The molecule has 0 amide bonds. The zero-order valence-corrected chi connectivity index (χ0v) is 10.1. The van der Waals surface area contributed by atoms with Crippen molar-refractivity contribution >= 4 is 9.84 Å². The summed E-state index contributed by atoms with van der Waals surface area (Å²) in [6.07, 6.45) is 2.38. The molecule has 0 bridgehead atoms. The normalized spacial score (nSPS) is 29.6. The van der Waals surface area contributed by atoms with Gasteiger partial charge in [-0.1, -0.05) is 13.8 Å². The average Bonchev–Trinajstić information content (AvgIpc) is 2.00. The molecule has 0 aliphatic heterocycles. The van der Waals surface area contributed by atoms with E-state index in [9.17, 15) is 8.42 Å². The summed E-state index contributed by atoms with van der Waals surface area (Å²) in [6.45, 7) is 5.88. The Morgan fingerprint density at radius 2 is 2.00 bits per heavy atom. The van der Waals surface area contributed by atoms with E-state index in [1.165, 1.54) is 12.8 Å². The van der Waals surface area contributed by atoms with E-state index in [1.807, 2.05) is 6.92 Å². The van der Waals surface area contributed by atoms with Gasteiger partial charge in [0, 0.05) is 17.8 Å². The maximum Gasteiger partial charge on any atom is 0.151 e. The average molecular weight is 219 g/mol. The fourth-order valence-corrected chi connectivity index (χ4v) is 3.08. The predicted octanol–water partition coefficient (Wildman–Crippen LogP) is 1.20. The minimum atomic E-state index is -2.82. The van der Waals surface area contributed by atoms with Crippen LogP contribution in [0.1, 0.15) is 33.6 Å². The highest BCUT2D eigenvalue weighted by molar-refractivity contribution is 7.91. The molecule has 0 heterocycles. The van der Waals surface area contributed by atoms with Crippen molar-refractivity contribution in [1.82, 2.24) is 5.32 Å². The molecule has 14 heavy (non-hydrogen) atoms. The molecule has 1 fully saturated rings. The number of sulfone groups is 1. The fraction of sp³-hybridized carbons (Fsp3) is 1.00. The van der Waals surface area contributed by atoms with E-state index in [4.69, 9.17) is 0 Å². The monoisotopic (exact) mass is 219 g/mol. The Bertz CT molecular complexity index is 268. The molecule has 0 saturated heterocycles. The third kappa shape index (κ3) is 3.58. The lowest BCUT2D eigenvalue weighted by atomic mass is 9.81. The second-order valence-electron chi connectivity index (χ2n) is 4.54. The molecule has 84 valence electrons. The highest BCUT2D eigenvalue weighted by Crippen LogP contribution is 2.26. The largest absolute Gasteiger partial charge is 0.310 e. The van der Waals surface area contributed by atoms with Gasteiger partial charge in [-0.25, -0.2) is 8.42 Å². The Morgan fingerprint density at radius 1 is 1.43 bits per heavy atom. The first kappa shape index (κ1) is 12.0. The molecule has 0 aromatic rings. The van der Waals surface area contributed by atoms with Gasteiger partial charge < -0.3 is 5.32 Å². The number of rotatable bonds is 5. The van der Waals surface area contributed by atoms with Gasteiger partial charge in [0.25, 0.3) is 0 Å². The zero-order chi connectivity index (χ0) is 10.8. The molecule has 1 aliphatic rings. The number of nitrogens with one attached hydrogen (secondary N) is 1. The maximum absolute atomic E-state index is 11.3. The van der Waals surface area contributed by atoms with E-state index < -0.39 is 9.84 Å². The molecule has 4 heteroatoms. The first-order chi connectivity index (χ1) is 6.43. The topological polar surface area (TPSA) is 46.2 Å². The van der Waals surface area contributed by atoms with Crippen LogP contribution in [0.15, 0.2) is 0 Å². The third-order valence-electron chi connectivity index (χ3n) is 2.84. The quantitative estimate of drug-likeness (QED) is 0.755. The minimum Gasteiger partial charge on any atom is -0.310 e. The Balaban J connectivity index is 2.26. The van der Waals surface area contributed by atoms with Gasteiger partial charge in [-0.3, -0.25) is 0 Å². The summed E-state index contributed by atoms with van der Waals surface area (Å²) in [5.74, 6) is 1.33. The molecule has 0 aromatic heterocycles. The highest BCUT2D eigenvalue weighted by atomic mass is 32.2. The van der Waals surface area contributed by atoms with Crippen LogP contribution in [0, 0.1) is 5.92 Å².